The average molecular weight is 356 g/mol. The van der Waals surface area contributed by atoms with Gasteiger partial charge in [-0.15, -0.1) is 0 Å². The first-order valence-electron chi connectivity index (χ1n) is 8.91. The van der Waals surface area contributed by atoms with Crippen molar-refractivity contribution in [3.63, 3.8) is 0 Å². The maximum absolute atomic E-state index is 12.4. The van der Waals surface area contributed by atoms with Gasteiger partial charge in [0, 0.05) is 30.3 Å². The summed E-state index contributed by atoms with van der Waals surface area (Å²) >= 11 is 0. The van der Waals surface area contributed by atoms with Crippen LogP contribution in [0, 0.1) is 0 Å². The summed E-state index contributed by atoms with van der Waals surface area (Å²) in [6.07, 6.45) is 0. The fourth-order valence-electron chi connectivity index (χ4n) is 2.74. The summed E-state index contributed by atoms with van der Waals surface area (Å²) in [6, 6.07) is 13.3. The standard InChI is InChI=1S/C21H28N2O3/c1-5-23(6-2)15-16-7-9-17(10-8-16)21(24)22-14-18-11-12-19(25-3)13-20(18)26-4/h7-13H,5-6,14-15H2,1-4H3,(H,22,24). The lowest BCUT2D eigenvalue weighted by molar-refractivity contribution is 0.0950. The number of nitrogens with zero attached hydrogens (tertiary/aromatic N) is 1. The summed E-state index contributed by atoms with van der Waals surface area (Å²) in [7, 11) is 3.22. The molecular weight excluding hydrogens is 328 g/mol. The van der Waals surface area contributed by atoms with Gasteiger partial charge < -0.3 is 14.8 Å². The fraction of sp³-hybridized carbons (Fsp3) is 0.381. The zero-order chi connectivity index (χ0) is 18.9. The number of ether oxygens (including phenoxy) is 2. The molecule has 0 aliphatic heterocycles. The van der Waals surface area contributed by atoms with Crippen molar-refractivity contribution in [2.75, 3.05) is 27.3 Å². The molecule has 0 atom stereocenters. The topological polar surface area (TPSA) is 50.8 Å². The van der Waals surface area contributed by atoms with Gasteiger partial charge in [-0.2, -0.15) is 0 Å². The lowest BCUT2D eigenvalue weighted by atomic mass is 10.1. The highest BCUT2D eigenvalue weighted by molar-refractivity contribution is 5.94. The number of hydrogen-bond donors (Lipinski definition) is 1. The van der Waals surface area contributed by atoms with Crippen LogP contribution in [0.3, 0.4) is 0 Å². The second-order valence-electron chi connectivity index (χ2n) is 6.02. The summed E-state index contributed by atoms with van der Waals surface area (Å²) in [5, 5.41) is 2.94. The van der Waals surface area contributed by atoms with Crippen LogP contribution in [0.25, 0.3) is 0 Å². The Morgan fingerprint density at radius 1 is 1.00 bits per heavy atom. The van der Waals surface area contributed by atoms with Crippen molar-refractivity contribution >= 4 is 5.91 Å². The number of methoxy groups -OCH3 is 2. The van der Waals surface area contributed by atoms with Gasteiger partial charge in [-0.05, 0) is 42.9 Å². The maximum atomic E-state index is 12.4. The van der Waals surface area contributed by atoms with Crippen molar-refractivity contribution in [2.24, 2.45) is 0 Å². The van der Waals surface area contributed by atoms with Gasteiger partial charge in [0.2, 0.25) is 0 Å². The van der Waals surface area contributed by atoms with Crippen molar-refractivity contribution < 1.29 is 14.3 Å². The molecule has 2 rings (SSSR count). The van der Waals surface area contributed by atoms with Gasteiger partial charge in [-0.1, -0.05) is 26.0 Å². The molecule has 0 heterocycles. The van der Waals surface area contributed by atoms with Crippen LogP contribution >= 0.6 is 0 Å². The van der Waals surface area contributed by atoms with Crippen LogP contribution in [-0.4, -0.2) is 38.1 Å². The highest BCUT2D eigenvalue weighted by Gasteiger charge is 2.09. The number of nitrogens with one attached hydrogen (secondary N) is 1. The Kier molecular flexibility index (Phi) is 7.48. The molecule has 5 nitrogen and oxygen atoms in total. The van der Waals surface area contributed by atoms with Crippen molar-refractivity contribution in [1.82, 2.24) is 10.2 Å². The molecule has 1 amide bonds. The van der Waals surface area contributed by atoms with Crippen molar-refractivity contribution in [3.05, 3.63) is 59.2 Å². The minimum absolute atomic E-state index is 0.0998. The number of amides is 1. The van der Waals surface area contributed by atoms with Crippen LogP contribution in [0.5, 0.6) is 11.5 Å². The molecule has 2 aromatic carbocycles. The number of hydrogen-bond acceptors (Lipinski definition) is 4. The van der Waals surface area contributed by atoms with Crippen LogP contribution in [-0.2, 0) is 13.1 Å². The van der Waals surface area contributed by atoms with Crippen LogP contribution in [0.1, 0.15) is 35.3 Å². The first-order chi connectivity index (χ1) is 12.6. The smallest absolute Gasteiger partial charge is 0.251 e. The third-order valence-corrected chi connectivity index (χ3v) is 4.45. The van der Waals surface area contributed by atoms with Crippen LogP contribution in [0.2, 0.25) is 0 Å². The van der Waals surface area contributed by atoms with Crippen molar-refractivity contribution in [3.8, 4) is 11.5 Å². The lowest BCUT2D eigenvalue weighted by Crippen LogP contribution is -2.24. The molecule has 0 bridgehead atoms. The van der Waals surface area contributed by atoms with Gasteiger partial charge in [0.25, 0.3) is 5.91 Å². The fourth-order valence-corrected chi connectivity index (χ4v) is 2.74. The Morgan fingerprint density at radius 3 is 2.27 bits per heavy atom. The molecule has 0 aliphatic rings. The van der Waals surface area contributed by atoms with Crippen LogP contribution in [0.4, 0.5) is 0 Å². The monoisotopic (exact) mass is 356 g/mol. The lowest BCUT2D eigenvalue weighted by Gasteiger charge is -2.18. The van der Waals surface area contributed by atoms with E-state index in [0.29, 0.717) is 17.9 Å². The Labute approximate surface area is 155 Å². The van der Waals surface area contributed by atoms with Gasteiger partial charge in [0.05, 0.1) is 14.2 Å². The Morgan fingerprint density at radius 2 is 1.69 bits per heavy atom. The quantitative estimate of drug-likeness (QED) is 0.747. The largest absolute Gasteiger partial charge is 0.497 e. The van der Waals surface area contributed by atoms with Crippen molar-refractivity contribution in [1.29, 1.82) is 0 Å². The molecule has 0 spiro atoms. The molecule has 0 fully saturated rings. The molecule has 140 valence electrons. The van der Waals surface area contributed by atoms with Gasteiger partial charge in [-0.25, -0.2) is 0 Å². The van der Waals surface area contributed by atoms with Gasteiger partial charge in [0.1, 0.15) is 11.5 Å². The molecular formula is C21H28N2O3. The number of carbonyl (C=O) groups is 1. The molecule has 0 radical (unpaired) electrons. The third kappa shape index (κ3) is 5.23. The second kappa shape index (κ2) is 9.82. The molecule has 0 aromatic heterocycles. The summed E-state index contributed by atoms with van der Waals surface area (Å²) < 4.78 is 10.6. The average Bonchev–Trinajstić information content (AvgIpc) is 2.70. The van der Waals surface area contributed by atoms with E-state index in [9.17, 15) is 4.79 Å². The second-order valence-corrected chi connectivity index (χ2v) is 6.02. The number of benzene rings is 2. The van der Waals surface area contributed by atoms with E-state index in [1.54, 1.807) is 14.2 Å². The van der Waals surface area contributed by atoms with Crippen LogP contribution in [0.15, 0.2) is 42.5 Å². The van der Waals surface area contributed by atoms with E-state index < -0.39 is 0 Å². The van der Waals surface area contributed by atoms with E-state index in [-0.39, 0.29) is 5.91 Å². The van der Waals surface area contributed by atoms with E-state index in [0.717, 1.165) is 30.9 Å². The third-order valence-electron chi connectivity index (χ3n) is 4.45. The number of carbonyl (C=O) groups excluding carboxylic acids is 1. The zero-order valence-electron chi connectivity index (χ0n) is 16.0. The van der Waals surface area contributed by atoms with E-state index in [4.69, 9.17) is 9.47 Å². The minimum atomic E-state index is -0.0998. The molecule has 5 heteroatoms. The summed E-state index contributed by atoms with van der Waals surface area (Å²) in [5.74, 6) is 1.32. The molecule has 2 aromatic rings. The Bertz CT molecular complexity index is 710. The molecule has 0 unspecified atom stereocenters. The molecule has 0 aliphatic carbocycles. The summed E-state index contributed by atoms with van der Waals surface area (Å²) in [6.45, 7) is 7.63. The Balaban J connectivity index is 1.98. The van der Waals surface area contributed by atoms with E-state index in [1.807, 2.05) is 42.5 Å². The van der Waals surface area contributed by atoms with Crippen LogP contribution < -0.4 is 14.8 Å². The molecule has 0 saturated carbocycles. The zero-order valence-corrected chi connectivity index (χ0v) is 16.0. The van der Waals surface area contributed by atoms with E-state index in [2.05, 4.69) is 24.1 Å². The van der Waals surface area contributed by atoms with E-state index >= 15 is 0 Å². The summed E-state index contributed by atoms with van der Waals surface area (Å²) in [4.78, 5) is 14.7. The molecule has 0 saturated heterocycles. The predicted octanol–water partition coefficient (Wildman–Crippen LogP) is 3.48. The normalized spacial score (nSPS) is 10.7. The van der Waals surface area contributed by atoms with Crippen molar-refractivity contribution in [2.45, 2.75) is 26.9 Å². The number of rotatable bonds is 9. The predicted molar refractivity (Wildman–Crippen MR) is 104 cm³/mol. The highest BCUT2D eigenvalue weighted by Crippen LogP contribution is 2.24. The minimum Gasteiger partial charge on any atom is -0.497 e. The molecule has 26 heavy (non-hydrogen) atoms. The van der Waals surface area contributed by atoms with E-state index in [1.165, 1.54) is 5.56 Å². The first kappa shape index (κ1) is 19.8. The maximum Gasteiger partial charge on any atom is 0.251 e. The SMILES string of the molecule is CCN(CC)Cc1ccc(C(=O)NCc2ccc(OC)cc2OC)cc1. The molecule has 1 N–H and O–H groups in total. The van der Waals surface area contributed by atoms with Gasteiger partial charge >= 0.3 is 0 Å². The van der Waals surface area contributed by atoms with Gasteiger partial charge in [-0.3, -0.25) is 9.69 Å². The first-order valence-corrected chi connectivity index (χ1v) is 8.91. The van der Waals surface area contributed by atoms with Gasteiger partial charge in [0.15, 0.2) is 0 Å². The Hall–Kier alpha value is -2.53. The summed E-state index contributed by atoms with van der Waals surface area (Å²) in [5.41, 5.74) is 2.77. The highest BCUT2D eigenvalue weighted by atomic mass is 16.5.